The molecule has 0 aliphatic heterocycles. The van der Waals surface area contributed by atoms with E-state index in [1.165, 1.54) is 11.6 Å². The van der Waals surface area contributed by atoms with Gasteiger partial charge in [-0.1, -0.05) is 15.9 Å². The van der Waals surface area contributed by atoms with E-state index >= 15 is 0 Å². The third-order valence-corrected chi connectivity index (χ3v) is 3.63. The Hall–Kier alpha value is -1.33. The molecule has 0 amide bonds. The summed E-state index contributed by atoms with van der Waals surface area (Å²) in [6.45, 7) is 0.466. The summed E-state index contributed by atoms with van der Waals surface area (Å²) < 4.78 is 6.35. The van der Waals surface area contributed by atoms with Crippen LogP contribution in [0.4, 0.5) is 0 Å². The lowest BCUT2D eigenvalue weighted by atomic mass is 10.2. The van der Waals surface area contributed by atoms with E-state index in [2.05, 4.69) is 21.3 Å². The summed E-state index contributed by atoms with van der Waals surface area (Å²) in [4.78, 5) is 11.0. The van der Waals surface area contributed by atoms with Crippen LogP contribution in [0.25, 0.3) is 0 Å². The first-order chi connectivity index (χ1) is 8.66. The zero-order valence-corrected chi connectivity index (χ0v) is 11.8. The van der Waals surface area contributed by atoms with Crippen LogP contribution in [0, 0.1) is 0 Å². The molecule has 0 unspecified atom stereocenters. The number of ether oxygens (including phenoxy) is 1. The van der Waals surface area contributed by atoms with Crippen molar-refractivity contribution in [3.05, 3.63) is 50.6 Å². The minimum Gasteiger partial charge on any atom is -0.492 e. The molecule has 0 saturated carbocycles. The lowest BCUT2D eigenvalue weighted by Crippen LogP contribution is -2.06. The lowest BCUT2D eigenvalue weighted by molar-refractivity contribution is 0.0692. The van der Waals surface area contributed by atoms with Gasteiger partial charge < -0.3 is 9.84 Å². The predicted molar refractivity (Wildman–Crippen MR) is 74.6 cm³/mol. The van der Waals surface area contributed by atoms with Crippen LogP contribution in [0.1, 0.15) is 15.9 Å². The molecule has 1 N–H and O–H groups in total. The Bertz CT molecular complexity index is 537. The zero-order valence-electron chi connectivity index (χ0n) is 9.43. The van der Waals surface area contributed by atoms with Crippen LogP contribution in [-0.4, -0.2) is 17.7 Å². The van der Waals surface area contributed by atoms with Crippen molar-refractivity contribution in [2.24, 2.45) is 0 Å². The van der Waals surface area contributed by atoms with Crippen LogP contribution >= 0.6 is 27.3 Å². The van der Waals surface area contributed by atoms with Gasteiger partial charge >= 0.3 is 5.97 Å². The summed E-state index contributed by atoms with van der Waals surface area (Å²) in [6.07, 6.45) is 0.773. The summed E-state index contributed by atoms with van der Waals surface area (Å²) in [7, 11) is 0. The highest BCUT2D eigenvalue weighted by molar-refractivity contribution is 9.10. The number of carboxylic acids is 1. The normalized spacial score (nSPS) is 10.3. The van der Waals surface area contributed by atoms with Gasteiger partial charge in [-0.15, -0.1) is 0 Å². The van der Waals surface area contributed by atoms with Crippen LogP contribution < -0.4 is 4.74 Å². The highest BCUT2D eigenvalue weighted by atomic mass is 79.9. The summed E-state index contributed by atoms with van der Waals surface area (Å²) in [5.74, 6) is -0.583. The van der Waals surface area contributed by atoms with Crippen LogP contribution in [0.3, 0.4) is 0 Å². The van der Waals surface area contributed by atoms with E-state index in [4.69, 9.17) is 9.84 Å². The Balaban J connectivity index is 2.03. The van der Waals surface area contributed by atoms with E-state index in [-0.39, 0.29) is 5.56 Å². The molecule has 18 heavy (non-hydrogen) atoms. The average Bonchev–Trinajstić information content (AvgIpc) is 2.82. The van der Waals surface area contributed by atoms with Crippen LogP contribution in [-0.2, 0) is 6.42 Å². The number of hydrogen-bond acceptors (Lipinski definition) is 3. The van der Waals surface area contributed by atoms with Crippen molar-refractivity contribution < 1.29 is 14.6 Å². The predicted octanol–water partition coefficient (Wildman–Crippen LogP) is 3.83. The Labute approximate surface area is 117 Å². The molecule has 0 fully saturated rings. The van der Waals surface area contributed by atoms with Crippen molar-refractivity contribution in [1.29, 1.82) is 0 Å². The van der Waals surface area contributed by atoms with E-state index in [1.54, 1.807) is 23.5 Å². The van der Waals surface area contributed by atoms with E-state index in [9.17, 15) is 4.79 Å². The first-order valence-corrected chi connectivity index (χ1v) is 7.07. The second kappa shape index (κ2) is 6.02. The molecule has 1 heterocycles. The van der Waals surface area contributed by atoms with Crippen LogP contribution in [0.15, 0.2) is 39.5 Å². The Morgan fingerprint density at radius 2 is 2.22 bits per heavy atom. The molecule has 1 aromatic heterocycles. The number of thiophene rings is 1. The molecule has 5 heteroatoms. The van der Waals surface area contributed by atoms with E-state index < -0.39 is 5.97 Å². The van der Waals surface area contributed by atoms with Crippen molar-refractivity contribution in [3.63, 3.8) is 0 Å². The molecule has 0 bridgehead atoms. The average molecular weight is 327 g/mol. The number of hydrogen-bond donors (Lipinski definition) is 1. The van der Waals surface area contributed by atoms with Gasteiger partial charge in [0.15, 0.2) is 0 Å². The second-order valence-corrected chi connectivity index (χ2v) is 5.37. The largest absolute Gasteiger partial charge is 0.492 e. The van der Waals surface area contributed by atoms with Gasteiger partial charge in [0.1, 0.15) is 11.3 Å². The van der Waals surface area contributed by atoms with Gasteiger partial charge in [0.05, 0.1) is 6.61 Å². The third-order valence-electron chi connectivity index (χ3n) is 2.40. The van der Waals surface area contributed by atoms with Gasteiger partial charge in [0.25, 0.3) is 0 Å². The first kappa shape index (κ1) is 13.1. The maximum atomic E-state index is 11.0. The molecule has 0 aliphatic rings. The van der Waals surface area contributed by atoms with Crippen LogP contribution in [0.5, 0.6) is 5.75 Å². The van der Waals surface area contributed by atoms with Gasteiger partial charge in [0.2, 0.25) is 0 Å². The molecular formula is C13H11BrO3S. The van der Waals surface area contributed by atoms with E-state index in [0.29, 0.717) is 12.4 Å². The quantitative estimate of drug-likeness (QED) is 0.908. The molecular weight excluding hydrogens is 316 g/mol. The Morgan fingerprint density at radius 1 is 1.39 bits per heavy atom. The monoisotopic (exact) mass is 326 g/mol. The second-order valence-electron chi connectivity index (χ2n) is 3.68. The highest BCUT2D eigenvalue weighted by Gasteiger charge is 2.11. The third kappa shape index (κ3) is 3.34. The summed E-state index contributed by atoms with van der Waals surface area (Å²) in [5, 5.41) is 13.1. The van der Waals surface area contributed by atoms with E-state index in [1.807, 2.05) is 11.4 Å². The van der Waals surface area contributed by atoms with Gasteiger partial charge in [-0.2, -0.15) is 11.3 Å². The van der Waals surface area contributed by atoms with Crippen molar-refractivity contribution in [2.45, 2.75) is 6.42 Å². The topological polar surface area (TPSA) is 46.5 Å². The van der Waals surface area contributed by atoms with Crippen molar-refractivity contribution in [1.82, 2.24) is 0 Å². The molecule has 94 valence electrons. The van der Waals surface area contributed by atoms with Gasteiger partial charge in [-0.05, 0) is 40.6 Å². The van der Waals surface area contributed by atoms with Crippen molar-refractivity contribution in [3.8, 4) is 5.75 Å². The smallest absolute Gasteiger partial charge is 0.339 e. The van der Waals surface area contributed by atoms with E-state index in [0.717, 1.165) is 10.9 Å². The first-order valence-electron chi connectivity index (χ1n) is 5.33. The zero-order chi connectivity index (χ0) is 13.0. The van der Waals surface area contributed by atoms with Crippen molar-refractivity contribution >= 4 is 33.2 Å². The molecule has 0 saturated heterocycles. The number of carbonyl (C=O) groups is 1. The fraction of sp³-hybridized carbons (Fsp3) is 0.154. The maximum absolute atomic E-state index is 11.0. The number of halogens is 1. The molecule has 0 radical (unpaired) electrons. The van der Waals surface area contributed by atoms with Gasteiger partial charge in [-0.25, -0.2) is 4.79 Å². The number of benzene rings is 1. The van der Waals surface area contributed by atoms with Crippen LogP contribution in [0.2, 0.25) is 0 Å². The number of carboxylic acid groups (broad SMARTS) is 1. The number of rotatable bonds is 5. The number of aromatic carboxylic acids is 1. The highest BCUT2D eigenvalue weighted by Crippen LogP contribution is 2.24. The maximum Gasteiger partial charge on any atom is 0.339 e. The Kier molecular flexibility index (Phi) is 4.38. The Morgan fingerprint density at radius 3 is 2.89 bits per heavy atom. The molecule has 2 rings (SSSR count). The molecule has 3 nitrogen and oxygen atoms in total. The summed E-state index contributed by atoms with van der Waals surface area (Å²) in [6, 6.07) is 6.94. The SMILES string of the molecule is O=C(O)c1ccc(Br)cc1OCCc1ccsc1. The minimum absolute atomic E-state index is 0.184. The molecule has 2 aromatic rings. The molecule has 0 atom stereocenters. The summed E-state index contributed by atoms with van der Waals surface area (Å²) in [5.41, 5.74) is 1.38. The van der Waals surface area contributed by atoms with Gasteiger partial charge in [-0.3, -0.25) is 0 Å². The lowest BCUT2D eigenvalue weighted by Gasteiger charge is -2.09. The minimum atomic E-state index is -0.979. The molecule has 0 spiro atoms. The standard InChI is InChI=1S/C13H11BrO3S/c14-10-1-2-11(13(15)16)12(7-10)17-5-3-9-4-6-18-8-9/h1-2,4,6-8H,3,5H2,(H,15,16). The molecule has 1 aromatic carbocycles. The fourth-order valence-electron chi connectivity index (χ4n) is 1.51. The molecule has 0 aliphatic carbocycles. The van der Waals surface area contributed by atoms with Gasteiger partial charge in [0, 0.05) is 10.9 Å². The summed E-state index contributed by atoms with van der Waals surface area (Å²) >= 11 is 4.94. The fourth-order valence-corrected chi connectivity index (χ4v) is 2.55. The van der Waals surface area contributed by atoms with Crippen molar-refractivity contribution in [2.75, 3.05) is 6.61 Å².